The number of anilines is 1. The van der Waals surface area contributed by atoms with Crippen molar-refractivity contribution in [2.24, 2.45) is 5.92 Å². The highest BCUT2D eigenvalue weighted by molar-refractivity contribution is 5.93. The molecule has 1 amide bonds. The van der Waals surface area contributed by atoms with E-state index >= 15 is 0 Å². The van der Waals surface area contributed by atoms with Crippen LogP contribution in [-0.4, -0.2) is 43.7 Å². The Morgan fingerprint density at radius 2 is 2.00 bits per heavy atom. The van der Waals surface area contributed by atoms with E-state index in [1.807, 2.05) is 10.7 Å². The van der Waals surface area contributed by atoms with Crippen LogP contribution in [0.4, 0.5) is 5.95 Å². The molecule has 0 saturated carbocycles. The third kappa shape index (κ3) is 3.53. The van der Waals surface area contributed by atoms with Gasteiger partial charge >= 0.3 is 0 Å². The molecule has 26 heavy (non-hydrogen) atoms. The largest absolute Gasteiger partial charge is 0.352 e. The third-order valence-electron chi connectivity index (χ3n) is 4.38. The lowest BCUT2D eigenvalue weighted by atomic mass is 10.1. The van der Waals surface area contributed by atoms with Gasteiger partial charge in [-0.3, -0.25) is 14.5 Å². The van der Waals surface area contributed by atoms with E-state index in [-0.39, 0.29) is 11.8 Å². The van der Waals surface area contributed by atoms with Crippen molar-refractivity contribution in [1.29, 1.82) is 0 Å². The average Bonchev–Trinajstić information content (AvgIpc) is 3.05. The molecule has 0 bridgehead atoms. The Hall–Kier alpha value is -3.29. The summed E-state index contributed by atoms with van der Waals surface area (Å²) in [5, 5.41) is 7.41. The summed E-state index contributed by atoms with van der Waals surface area (Å²) < 4.78 is 1.99. The van der Waals surface area contributed by atoms with Crippen LogP contribution in [0, 0.1) is 5.92 Å². The molecule has 4 heterocycles. The van der Waals surface area contributed by atoms with Crippen LogP contribution in [0.1, 0.15) is 16.1 Å². The van der Waals surface area contributed by atoms with Crippen molar-refractivity contribution in [1.82, 2.24) is 30.0 Å². The van der Waals surface area contributed by atoms with E-state index < -0.39 is 0 Å². The Bertz CT molecular complexity index is 866. The van der Waals surface area contributed by atoms with E-state index in [1.54, 1.807) is 49.2 Å². The second-order valence-corrected chi connectivity index (χ2v) is 6.25. The van der Waals surface area contributed by atoms with E-state index in [2.05, 4.69) is 30.3 Å². The van der Waals surface area contributed by atoms with Crippen molar-refractivity contribution in [2.75, 3.05) is 18.0 Å². The van der Waals surface area contributed by atoms with Gasteiger partial charge in [-0.1, -0.05) is 0 Å². The zero-order valence-corrected chi connectivity index (χ0v) is 14.2. The van der Waals surface area contributed by atoms with Crippen LogP contribution in [0.2, 0.25) is 0 Å². The topological polar surface area (TPSA) is 88.8 Å². The van der Waals surface area contributed by atoms with Gasteiger partial charge in [0.2, 0.25) is 5.95 Å². The molecule has 8 nitrogen and oxygen atoms in total. The molecule has 0 aromatic carbocycles. The summed E-state index contributed by atoms with van der Waals surface area (Å²) in [7, 11) is 0. The number of carbonyl (C=O) groups excluding carboxylic acids is 1. The van der Waals surface area contributed by atoms with E-state index in [4.69, 9.17) is 0 Å². The van der Waals surface area contributed by atoms with Gasteiger partial charge < -0.3 is 10.2 Å². The Kier molecular flexibility index (Phi) is 4.55. The lowest BCUT2D eigenvalue weighted by Gasteiger charge is -2.24. The van der Waals surface area contributed by atoms with Crippen molar-refractivity contribution < 1.29 is 4.79 Å². The molecular formula is C18H19N7O. The molecule has 132 valence electrons. The zero-order valence-electron chi connectivity index (χ0n) is 14.2. The molecule has 0 saturated heterocycles. The van der Waals surface area contributed by atoms with E-state index in [0.29, 0.717) is 24.6 Å². The second-order valence-electron chi connectivity index (χ2n) is 6.25. The number of carbonyl (C=O) groups is 1. The van der Waals surface area contributed by atoms with E-state index in [1.165, 1.54) is 0 Å². The van der Waals surface area contributed by atoms with Crippen LogP contribution in [0.25, 0.3) is 0 Å². The van der Waals surface area contributed by atoms with Crippen LogP contribution < -0.4 is 10.2 Å². The number of amides is 1. The minimum Gasteiger partial charge on any atom is -0.352 e. The normalized spacial score (nSPS) is 16.6. The average molecular weight is 349 g/mol. The molecule has 1 aliphatic heterocycles. The van der Waals surface area contributed by atoms with Gasteiger partial charge in [-0.15, -0.1) is 0 Å². The molecular weight excluding hydrogens is 330 g/mol. The molecule has 1 aliphatic rings. The zero-order chi connectivity index (χ0) is 17.8. The molecule has 0 radical (unpaired) electrons. The molecule has 0 spiro atoms. The lowest BCUT2D eigenvalue weighted by molar-refractivity contribution is 0.0945. The van der Waals surface area contributed by atoms with E-state index in [9.17, 15) is 4.79 Å². The summed E-state index contributed by atoms with van der Waals surface area (Å²) in [6, 6.07) is 7.32. The smallest absolute Gasteiger partial charge is 0.252 e. The standard InChI is InChI=1S/C18H19N7O/c26-17(15-3-1-5-19-10-15)22-9-14-11-24(18-20-6-2-7-21-18)13-16-4-8-23-25(16)12-14/h1-8,10,14H,9,11-13H2,(H,22,26)/t14-/m0/s1. The SMILES string of the molecule is O=C(NC[C@H]1CN(c2ncccn2)Cc2ccnn2C1)c1cccnc1. The number of rotatable bonds is 4. The van der Waals surface area contributed by atoms with Crippen LogP contribution in [0.5, 0.6) is 0 Å². The summed E-state index contributed by atoms with van der Waals surface area (Å²) >= 11 is 0. The third-order valence-corrected chi connectivity index (χ3v) is 4.38. The lowest BCUT2D eigenvalue weighted by Crippen LogP contribution is -2.37. The Morgan fingerprint density at radius 1 is 1.12 bits per heavy atom. The van der Waals surface area contributed by atoms with Crippen molar-refractivity contribution in [2.45, 2.75) is 13.1 Å². The quantitative estimate of drug-likeness (QED) is 0.760. The van der Waals surface area contributed by atoms with Gasteiger partial charge in [-0.2, -0.15) is 5.10 Å². The van der Waals surface area contributed by atoms with Crippen molar-refractivity contribution >= 4 is 11.9 Å². The summed E-state index contributed by atoms with van der Waals surface area (Å²) in [6.07, 6.45) is 8.50. The van der Waals surface area contributed by atoms with Crippen molar-refractivity contribution in [3.63, 3.8) is 0 Å². The minimum atomic E-state index is -0.120. The first-order chi connectivity index (χ1) is 12.8. The highest BCUT2D eigenvalue weighted by Crippen LogP contribution is 2.19. The maximum atomic E-state index is 12.3. The first-order valence-corrected chi connectivity index (χ1v) is 8.50. The molecule has 4 rings (SSSR count). The number of nitrogens with zero attached hydrogens (tertiary/aromatic N) is 6. The van der Waals surface area contributed by atoms with Crippen LogP contribution >= 0.6 is 0 Å². The fraction of sp³-hybridized carbons (Fsp3) is 0.278. The summed E-state index contributed by atoms with van der Waals surface area (Å²) in [4.78, 5) is 27.2. The highest BCUT2D eigenvalue weighted by atomic mass is 16.1. The van der Waals surface area contributed by atoms with Crippen LogP contribution in [0.3, 0.4) is 0 Å². The van der Waals surface area contributed by atoms with Gasteiger partial charge in [-0.05, 0) is 24.3 Å². The molecule has 0 aliphatic carbocycles. The predicted octanol–water partition coefficient (Wildman–Crippen LogP) is 1.13. The maximum Gasteiger partial charge on any atom is 0.252 e. The molecule has 1 N–H and O–H groups in total. The maximum absolute atomic E-state index is 12.3. The fourth-order valence-corrected chi connectivity index (χ4v) is 3.10. The van der Waals surface area contributed by atoms with Crippen LogP contribution in [-0.2, 0) is 13.1 Å². The Labute approximate surface area is 150 Å². The Morgan fingerprint density at radius 3 is 2.81 bits per heavy atom. The second kappa shape index (κ2) is 7.30. The molecule has 8 heteroatoms. The summed E-state index contributed by atoms with van der Waals surface area (Å²) in [6.45, 7) is 2.70. The molecule has 0 unspecified atom stereocenters. The monoisotopic (exact) mass is 349 g/mol. The molecule has 1 atom stereocenters. The minimum absolute atomic E-state index is 0.120. The van der Waals surface area contributed by atoms with Gasteiger partial charge in [0.25, 0.3) is 5.91 Å². The van der Waals surface area contributed by atoms with Gasteiger partial charge in [0.1, 0.15) is 0 Å². The van der Waals surface area contributed by atoms with Crippen LogP contribution in [0.15, 0.2) is 55.2 Å². The summed E-state index contributed by atoms with van der Waals surface area (Å²) in [5.41, 5.74) is 1.67. The number of pyridine rings is 1. The number of hydrogen-bond acceptors (Lipinski definition) is 6. The first kappa shape index (κ1) is 16.2. The summed E-state index contributed by atoms with van der Waals surface area (Å²) in [5.74, 6) is 0.747. The van der Waals surface area contributed by atoms with Crippen molar-refractivity contribution in [3.05, 3.63) is 66.5 Å². The number of aromatic nitrogens is 5. The van der Waals surface area contributed by atoms with Crippen molar-refractivity contribution in [3.8, 4) is 0 Å². The highest BCUT2D eigenvalue weighted by Gasteiger charge is 2.24. The first-order valence-electron chi connectivity index (χ1n) is 8.50. The van der Waals surface area contributed by atoms with Gasteiger partial charge in [-0.25, -0.2) is 9.97 Å². The number of hydrogen-bond donors (Lipinski definition) is 1. The number of fused-ring (bicyclic) bond motifs is 1. The predicted molar refractivity (Wildman–Crippen MR) is 95.4 cm³/mol. The fourth-order valence-electron chi connectivity index (χ4n) is 3.10. The van der Waals surface area contributed by atoms with Gasteiger partial charge in [0.15, 0.2) is 0 Å². The molecule has 3 aromatic heterocycles. The molecule has 0 fully saturated rings. The number of nitrogens with one attached hydrogen (secondary N) is 1. The molecule has 3 aromatic rings. The van der Waals surface area contributed by atoms with Gasteiger partial charge in [0.05, 0.1) is 17.8 Å². The van der Waals surface area contributed by atoms with E-state index in [0.717, 1.165) is 18.8 Å². The Balaban J connectivity index is 1.49. The van der Waals surface area contributed by atoms with Gasteiger partial charge in [0, 0.05) is 56.5 Å².